The van der Waals surface area contributed by atoms with Crippen molar-refractivity contribution in [2.75, 3.05) is 0 Å². The van der Waals surface area contributed by atoms with Gasteiger partial charge in [0, 0.05) is 0 Å². The Balaban J connectivity index is 0.000000956. The maximum Gasteiger partial charge on any atom is -0.0181 e. The lowest BCUT2D eigenvalue weighted by Gasteiger charge is -2.10. The van der Waals surface area contributed by atoms with Gasteiger partial charge in [-0.1, -0.05) is 56.8 Å². The standard InChI is InChI=1S/C18H20.C2H6/c1-12-6-8-17(10-14(12)3)16(5)18-9-7-13(2)15(4)11-18;1-2/h6-11H,5H2,1-4H3;1-2H3. The lowest BCUT2D eigenvalue weighted by molar-refractivity contribution is 1.31. The van der Waals surface area contributed by atoms with E-state index in [1.54, 1.807) is 0 Å². The number of benzene rings is 2. The normalized spacial score (nSPS) is 9.70. The van der Waals surface area contributed by atoms with E-state index in [1.165, 1.54) is 33.4 Å². The predicted octanol–water partition coefficient (Wildman–Crippen LogP) is 6.01. The van der Waals surface area contributed by atoms with Gasteiger partial charge in [0.2, 0.25) is 0 Å². The second-order valence-corrected chi connectivity index (χ2v) is 5.08. The van der Waals surface area contributed by atoms with Crippen LogP contribution >= 0.6 is 0 Å². The molecule has 0 saturated heterocycles. The molecule has 106 valence electrons. The average Bonchev–Trinajstić information content (AvgIpc) is 2.46. The van der Waals surface area contributed by atoms with Crippen molar-refractivity contribution in [2.45, 2.75) is 41.5 Å². The number of rotatable bonds is 2. The molecule has 0 saturated carbocycles. The van der Waals surface area contributed by atoms with Crippen LogP contribution in [0.5, 0.6) is 0 Å². The molecule has 2 aromatic rings. The Morgan fingerprint density at radius 3 is 1.30 bits per heavy atom. The van der Waals surface area contributed by atoms with Crippen molar-refractivity contribution in [1.82, 2.24) is 0 Å². The van der Waals surface area contributed by atoms with E-state index in [4.69, 9.17) is 0 Å². The maximum absolute atomic E-state index is 4.24. The largest absolute Gasteiger partial charge is 0.0906 e. The molecule has 0 fully saturated rings. The highest BCUT2D eigenvalue weighted by atomic mass is 14.1. The van der Waals surface area contributed by atoms with Gasteiger partial charge >= 0.3 is 0 Å². The van der Waals surface area contributed by atoms with Gasteiger partial charge in [-0.15, -0.1) is 0 Å². The fourth-order valence-electron chi connectivity index (χ4n) is 2.02. The molecule has 0 aromatic heterocycles. The van der Waals surface area contributed by atoms with Crippen molar-refractivity contribution in [2.24, 2.45) is 0 Å². The van der Waals surface area contributed by atoms with Crippen LogP contribution in [-0.2, 0) is 0 Å². The van der Waals surface area contributed by atoms with E-state index < -0.39 is 0 Å². The highest BCUT2D eigenvalue weighted by Crippen LogP contribution is 2.25. The molecule has 0 unspecified atom stereocenters. The van der Waals surface area contributed by atoms with Crippen molar-refractivity contribution >= 4 is 5.57 Å². The predicted molar refractivity (Wildman–Crippen MR) is 91.3 cm³/mol. The molecular weight excluding hydrogens is 240 g/mol. The van der Waals surface area contributed by atoms with Crippen LogP contribution in [0.1, 0.15) is 47.2 Å². The van der Waals surface area contributed by atoms with Crippen molar-refractivity contribution < 1.29 is 0 Å². The Morgan fingerprint density at radius 2 is 1.00 bits per heavy atom. The van der Waals surface area contributed by atoms with Crippen LogP contribution in [0.2, 0.25) is 0 Å². The van der Waals surface area contributed by atoms with Gasteiger partial charge in [0.05, 0.1) is 0 Å². The third-order valence-electron chi connectivity index (χ3n) is 3.71. The summed E-state index contributed by atoms with van der Waals surface area (Å²) in [6, 6.07) is 13.1. The first-order chi connectivity index (χ1) is 9.49. The molecule has 0 N–H and O–H groups in total. The zero-order valence-electron chi connectivity index (χ0n) is 13.7. The molecule has 2 rings (SSSR count). The van der Waals surface area contributed by atoms with Crippen LogP contribution in [0.25, 0.3) is 5.57 Å². The molecule has 0 aliphatic rings. The van der Waals surface area contributed by atoms with E-state index >= 15 is 0 Å². The second-order valence-electron chi connectivity index (χ2n) is 5.08. The summed E-state index contributed by atoms with van der Waals surface area (Å²) in [4.78, 5) is 0. The Hall–Kier alpha value is -1.82. The summed E-state index contributed by atoms with van der Waals surface area (Å²) in [6.07, 6.45) is 0. The minimum Gasteiger partial charge on any atom is -0.0906 e. The van der Waals surface area contributed by atoms with Crippen molar-refractivity contribution in [1.29, 1.82) is 0 Å². The molecule has 0 bridgehead atoms. The lowest BCUT2D eigenvalue weighted by atomic mass is 9.94. The van der Waals surface area contributed by atoms with Crippen LogP contribution in [0.4, 0.5) is 0 Å². The van der Waals surface area contributed by atoms with E-state index in [1.807, 2.05) is 13.8 Å². The van der Waals surface area contributed by atoms with Crippen LogP contribution in [0.3, 0.4) is 0 Å². The molecule has 20 heavy (non-hydrogen) atoms. The maximum atomic E-state index is 4.24. The topological polar surface area (TPSA) is 0 Å². The zero-order valence-corrected chi connectivity index (χ0v) is 13.7. The SMILES string of the molecule is C=C(c1ccc(C)c(C)c1)c1ccc(C)c(C)c1.CC. The van der Waals surface area contributed by atoms with E-state index in [-0.39, 0.29) is 0 Å². The van der Waals surface area contributed by atoms with E-state index in [0.717, 1.165) is 5.57 Å². The monoisotopic (exact) mass is 266 g/mol. The molecular formula is C20H26. The smallest absolute Gasteiger partial charge is 0.0181 e. The molecule has 0 radical (unpaired) electrons. The van der Waals surface area contributed by atoms with Crippen molar-refractivity contribution in [3.8, 4) is 0 Å². The number of aryl methyl sites for hydroxylation is 4. The molecule has 0 aliphatic carbocycles. The van der Waals surface area contributed by atoms with Crippen molar-refractivity contribution in [3.05, 3.63) is 76.4 Å². The van der Waals surface area contributed by atoms with Crippen LogP contribution in [0, 0.1) is 27.7 Å². The van der Waals surface area contributed by atoms with E-state index in [9.17, 15) is 0 Å². The summed E-state index contributed by atoms with van der Waals surface area (Å²) < 4.78 is 0. The Labute approximate surface area is 124 Å². The van der Waals surface area contributed by atoms with Crippen LogP contribution < -0.4 is 0 Å². The molecule has 0 atom stereocenters. The fraction of sp³-hybridized carbons (Fsp3) is 0.300. The van der Waals surface area contributed by atoms with Crippen LogP contribution in [0.15, 0.2) is 43.0 Å². The van der Waals surface area contributed by atoms with Gasteiger partial charge in [0.15, 0.2) is 0 Å². The molecule has 0 heterocycles. The summed E-state index contributed by atoms with van der Waals surface area (Å²) in [5.74, 6) is 0. The highest BCUT2D eigenvalue weighted by Gasteiger charge is 2.05. The Kier molecular flexibility index (Phi) is 5.76. The highest BCUT2D eigenvalue weighted by molar-refractivity contribution is 5.78. The average molecular weight is 266 g/mol. The lowest BCUT2D eigenvalue weighted by Crippen LogP contribution is -1.91. The minimum atomic E-state index is 1.10. The summed E-state index contributed by atoms with van der Waals surface area (Å²) >= 11 is 0. The van der Waals surface area contributed by atoms with E-state index in [2.05, 4.69) is 70.7 Å². The molecule has 0 aliphatic heterocycles. The van der Waals surface area contributed by atoms with Gasteiger partial charge in [-0.3, -0.25) is 0 Å². The van der Waals surface area contributed by atoms with Gasteiger partial charge in [0.1, 0.15) is 0 Å². The molecule has 0 nitrogen and oxygen atoms in total. The third-order valence-corrected chi connectivity index (χ3v) is 3.71. The van der Waals surface area contributed by atoms with Gasteiger partial charge in [0.25, 0.3) is 0 Å². The molecule has 0 heteroatoms. The fourth-order valence-corrected chi connectivity index (χ4v) is 2.02. The summed E-state index contributed by atoms with van der Waals surface area (Å²) in [5.41, 5.74) is 8.80. The third kappa shape index (κ3) is 3.60. The number of hydrogen-bond acceptors (Lipinski definition) is 0. The van der Waals surface area contributed by atoms with Gasteiger partial charge in [-0.25, -0.2) is 0 Å². The quantitative estimate of drug-likeness (QED) is 0.624. The second kappa shape index (κ2) is 7.09. The van der Waals surface area contributed by atoms with Crippen molar-refractivity contribution in [3.63, 3.8) is 0 Å². The minimum absolute atomic E-state index is 1.10. The van der Waals surface area contributed by atoms with Gasteiger partial charge in [-0.2, -0.15) is 0 Å². The zero-order chi connectivity index (χ0) is 15.3. The first-order valence-corrected chi connectivity index (χ1v) is 7.33. The van der Waals surface area contributed by atoms with Gasteiger partial charge < -0.3 is 0 Å². The summed E-state index contributed by atoms with van der Waals surface area (Å²) in [6.45, 7) is 16.8. The first kappa shape index (κ1) is 16.2. The Morgan fingerprint density at radius 1 is 0.650 bits per heavy atom. The van der Waals surface area contributed by atoms with Crippen LogP contribution in [-0.4, -0.2) is 0 Å². The molecule has 2 aromatic carbocycles. The number of hydrogen-bond donors (Lipinski definition) is 0. The summed E-state index contributed by atoms with van der Waals surface area (Å²) in [5, 5.41) is 0. The molecule has 0 spiro atoms. The molecule has 0 amide bonds. The Bertz CT molecular complexity index is 550. The summed E-state index contributed by atoms with van der Waals surface area (Å²) in [7, 11) is 0. The first-order valence-electron chi connectivity index (χ1n) is 7.33. The van der Waals surface area contributed by atoms with Gasteiger partial charge in [-0.05, 0) is 66.6 Å². The van der Waals surface area contributed by atoms with E-state index in [0.29, 0.717) is 0 Å².